The van der Waals surface area contributed by atoms with Crippen LogP contribution in [0.15, 0.2) is 0 Å². The molecule has 1 aliphatic rings. The molecule has 2 nitrogen and oxygen atoms in total. The highest BCUT2D eigenvalue weighted by Crippen LogP contribution is 2.39. The Hall–Kier alpha value is -0.0800. The zero-order valence-corrected chi connectivity index (χ0v) is 12.3. The molecule has 17 heavy (non-hydrogen) atoms. The van der Waals surface area contributed by atoms with Crippen LogP contribution in [0.2, 0.25) is 0 Å². The second kappa shape index (κ2) is 7.38. The van der Waals surface area contributed by atoms with Crippen LogP contribution in [-0.2, 0) is 0 Å². The van der Waals surface area contributed by atoms with Crippen LogP contribution in [-0.4, -0.2) is 26.7 Å². The predicted octanol–water partition coefficient (Wildman–Crippen LogP) is 3.04. The van der Waals surface area contributed by atoms with E-state index < -0.39 is 0 Å². The highest BCUT2D eigenvalue weighted by molar-refractivity contribution is 4.81. The summed E-state index contributed by atoms with van der Waals surface area (Å²) in [5, 5.41) is 6.79. The highest BCUT2D eigenvalue weighted by atomic mass is 14.9. The van der Waals surface area contributed by atoms with Crippen LogP contribution in [0.4, 0.5) is 0 Å². The van der Waals surface area contributed by atoms with E-state index in [4.69, 9.17) is 0 Å². The third-order valence-corrected chi connectivity index (χ3v) is 4.28. The fourth-order valence-electron chi connectivity index (χ4n) is 2.93. The lowest BCUT2D eigenvalue weighted by Crippen LogP contribution is -2.31. The first-order chi connectivity index (χ1) is 8.04. The molecule has 0 aromatic carbocycles. The Morgan fingerprint density at radius 1 is 1.00 bits per heavy atom. The van der Waals surface area contributed by atoms with Gasteiger partial charge in [-0.25, -0.2) is 0 Å². The molecule has 0 heterocycles. The Balaban J connectivity index is 2.07. The van der Waals surface area contributed by atoms with E-state index in [1.54, 1.807) is 0 Å². The van der Waals surface area contributed by atoms with Gasteiger partial charge in [-0.1, -0.05) is 20.8 Å². The standard InChI is InChI=1S/C15H32N2/c1-15(2,3)14-8-6-13(7-9-14)12-17-11-5-10-16-4/h13-14,16-17H,5-12H2,1-4H3. The molecule has 102 valence electrons. The summed E-state index contributed by atoms with van der Waals surface area (Å²) >= 11 is 0. The third-order valence-electron chi connectivity index (χ3n) is 4.28. The summed E-state index contributed by atoms with van der Waals surface area (Å²) in [4.78, 5) is 0. The molecule has 0 amide bonds. The average Bonchev–Trinajstić information content (AvgIpc) is 2.28. The van der Waals surface area contributed by atoms with Crippen molar-refractivity contribution in [1.29, 1.82) is 0 Å². The fraction of sp³-hybridized carbons (Fsp3) is 1.00. The van der Waals surface area contributed by atoms with Crippen molar-refractivity contribution in [3.05, 3.63) is 0 Å². The highest BCUT2D eigenvalue weighted by Gasteiger charge is 2.29. The van der Waals surface area contributed by atoms with Gasteiger partial charge in [-0.3, -0.25) is 0 Å². The van der Waals surface area contributed by atoms with Gasteiger partial charge in [-0.2, -0.15) is 0 Å². The molecule has 0 aromatic rings. The smallest absolute Gasteiger partial charge is 0.00205 e. The number of hydrogen-bond acceptors (Lipinski definition) is 2. The van der Waals surface area contributed by atoms with Gasteiger partial charge in [0.2, 0.25) is 0 Å². The van der Waals surface area contributed by atoms with Gasteiger partial charge in [0.25, 0.3) is 0 Å². The minimum absolute atomic E-state index is 0.519. The first-order valence-electron chi connectivity index (χ1n) is 7.39. The van der Waals surface area contributed by atoms with E-state index in [9.17, 15) is 0 Å². The van der Waals surface area contributed by atoms with Gasteiger partial charge < -0.3 is 10.6 Å². The molecule has 0 bridgehead atoms. The van der Waals surface area contributed by atoms with Gasteiger partial charge in [0.15, 0.2) is 0 Å². The average molecular weight is 240 g/mol. The largest absolute Gasteiger partial charge is 0.320 e. The van der Waals surface area contributed by atoms with Gasteiger partial charge >= 0.3 is 0 Å². The van der Waals surface area contributed by atoms with Crippen molar-refractivity contribution in [3.63, 3.8) is 0 Å². The lowest BCUT2D eigenvalue weighted by molar-refractivity contribution is 0.149. The number of rotatable bonds is 6. The summed E-state index contributed by atoms with van der Waals surface area (Å²) in [6.07, 6.45) is 6.98. The minimum atomic E-state index is 0.519. The summed E-state index contributed by atoms with van der Waals surface area (Å²) in [6.45, 7) is 10.7. The third kappa shape index (κ3) is 5.87. The molecular weight excluding hydrogens is 208 g/mol. The lowest BCUT2D eigenvalue weighted by Gasteiger charge is -2.37. The molecule has 0 aliphatic heterocycles. The van der Waals surface area contributed by atoms with Crippen LogP contribution in [0, 0.1) is 17.3 Å². The van der Waals surface area contributed by atoms with E-state index in [-0.39, 0.29) is 0 Å². The second-order valence-electron chi connectivity index (χ2n) is 6.74. The van der Waals surface area contributed by atoms with Crippen LogP contribution < -0.4 is 10.6 Å². The normalized spacial score (nSPS) is 26.1. The van der Waals surface area contributed by atoms with E-state index in [0.717, 1.165) is 18.4 Å². The predicted molar refractivity (Wildman–Crippen MR) is 76.3 cm³/mol. The Morgan fingerprint density at radius 2 is 1.65 bits per heavy atom. The van der Waals surface area contributed by atoms with E-state index in [0.29, 0.717) is 5.41 Å². The summed E-state index contributed by atoms with van der Waals surface area (Å²) in [6, 6.07) is 0. The van der Waals surface area contributed by atoms with Crippen molar-refractivity contribution in [2.24, 2.45) is 17.3 Å². The van der Waals surface area contributed by atoms with E-state index >= 15 is 0 Å². The molecule has 1 aliphatic carbocycles. The summed E-state index contributed by atoms with van der Waals surface area (Å²) in [7, 11) is 2.02. The summed E-state index contributed by atoms with van der Waals surface area (Å²) < 4.78 is 0. The Morgan fingerprint density at radius 3 is 2.18 bits per heavy atom. The van der Waals surface area contributed by atoms with Gasteiger partial charge in [0.05, 0.1) is 0 Å². The van der Waals surface area contributed by atoms with Crippen LogP contribution in [0.25, 0.3) is 0 Å². The number of hydrogen-bond donors (Lipinski definition) is 2. The molecule has 0 radical (unpaired) electrons. The zero-order chi connectivity index (χ0) is 12.7. The molecule has 1 rings (SSSR count). The van der Waals surface area contributed by atoms with Crippen molar-refractivity contribution in [1.82, 2.24) is 10.6 Å². The Kier molecular flexibility index (Phi) is 6.50. The van der Waals surface area contributed by atoms with Crippen LogP contribution >= 0.6 is 0 Å². The molecule has 0 saturated heterocycles. The monoisotopic (exact) mass is 240 g/mol. The Bertz CT molecular complexity index is 188. The molecule has 2 N–H and O–H groups in total. The first kappa shape index (κ1) is 15.0. The van der Waals surface area contributed by atoms with E-state index in [1.807, 2.05) is 7.05 Å². The maximum atomic E-state index is 3.60. The SMILES string of the molecule is CNCCCNCC1CCC(C(C)(C)C)CC1. The fourth-order valence-corrected chi connectivity index (χ4v) is 2.93. The van der Waals surface area contributed by atoms with Crippen LogP contribution in [0.1, 0.15) is 52.9 Å². The topological polar surface area (TPSA) is 24.1 Å². The second-order valence-corrected chi connectivity index (χ2v) is 6.74. The van der Waals surface area contributed by atoms with Crippen LogP contribution in [0.5, 0.6) is 0 Å². The Labute approximate surface area is 108 Å². The molecular formula is C15H32N2. The molecule has 0 spiro atoms. The minimum Gasteiger partial charge on any atom is -0.320 e. The maximum Gasteiger partial charge on any atom is -0.00205 e. The van der Waals surface area contributed by atoms with Gasteiger partial charge in [0, 0.05) is 0 Å². The van der Waals surface area contributed by atoms with E-state index in [1.165, 1.54) is 45.2 Å². The molecule has 1 saturated carbocycles. The molecule has 2 heteroatoms. The molecule has 0 aromatic heterocycles. The lowest BCUT2D eigenvalue weighted by atomic mass is 9.70. The van der Waals surface area contributed by atoms with Crippen molar-refractivity contribution in [3.8, 4) is 0 Å². The van der Waals surface area contributed by atoms with Gasteiger partial charge in [-0.05, 0) is 76.0 Å². The first-order valence-corrected chi connectivity index (χ1v) is 7.39. The zero-order valence-electron chi connectivity index (χ0n) is 12.3. The quantitative estimate of drug-likeness (QED) is 0.697. The molecule has 0 unspecified atom stereocenters. The van der Waals surface area contributed by atoms with E-state index in [2.05, 4.69) is 31.4 Å². The summed E-state index contributed by atoms with van der Waals surface area (Å²) in [5.74, 6) is 1.88. The molecule has 1 fully saturated rings. The van der Waals surface area contributed by atoms with Gasteiger partial charge in [0.1, 0.15) is 0 Å². The summed E-state index contributed by atoms with van der Waals surface area (Å²) in [5.41, 5.74) is 0.519. The molecule has 0 atom stereocenters. The van der Waals surface area contributed by atoms with Crippen molar-refractivity contribution in [2.45, 2.75) is 52.9 Å². The van der Waals surface area contributed by atoms with Gasteiger partial charge in [-0.15, -0.1) is 0 Å². The van der Waals surface area contributed by atoms with Crippen molar-refractivity contribution >= 4 is 0 Å². The van der Waals surface area contributed by atoms with Crippen LogP contribution in [0.3, 0.4) is 0 Å². The number of nitrogens with one attached hydrogen (secondary N) is 2. The van der Waals surface area contributed by atoms with Crippen molar-refractivity contribution < 1.29 is 0 Å². The maximum absolute atomic E-state index is 3.60. The van der Waals surface area contributed by atoms with Crippen molar-refractivity contribution in [2.75, 3.05) is 26.7 Å².